The molecule has 0 radical (unpaired) electrons. The zero-order chi connectivity index (χ0) is 16.3. The molecule has 2 aromatic rings. The number of nitrogens with zero attached hydrogens (tertiary/aromatic N) is 1. The van der Waals surface area contributed by atoms with Gasteiger partial charge in [-0.25, -0.2) is 4.98 Å². The van der Waals surface area contributed by atoms with Crippen LogP contribution in [0, 0.1) is 0 Å². The van der Waals surface area contributed by atoms with Crippen molar-refractivity contribution in [3.05, 3.63) is 47.0 Å². The monoisotopic (exact) mass is 330 g/mol. The first-order valence-corrected chi connectivity index (χ1v) is 8.51. The van der Waals surface area contributed by atoms with E-state index in [1.54, 1.807) is 5.38 Å². The lowest BCUT2D eigenvalue weighted by atomic mass is 9.78. The minimum atomic E-state index is -0.926. The Balaban J connectivity index is 1.80. The average molecular weight is 330 g/mol. The molecule has 1 saturated carbocycles. The van der Waals surface area contributed by atoms with Crippen LogP contribution in [0.5, 0.6) is 0 Å². The molecule has 1 aromatic carbocycles. The Bertz CT molecular complexity index is 706. The molecule has 1 aromatic heterocycles. The van der Waals surface area contributed by atoms with Gasteiger partial charge in [0.25, 0.3) is 0 Å². The van der Waals surface area contributed by atoms with E-state index < -0.39 is 11.4 Å². The Morgan fingerprint density at radius 2 is 1.91 bits per heavy atom. The van der Waals surface area contributed by atoms with Crippen molar-refractivity contribution in [2.45, 2.75) is 37.5 Å². The number of carbonyl (C=O) groups is 2. The minimum absolute atomic E-state index is 0.0441. The number of amides is 1. The summed E-state index contributed by atoms with van der Waals surface area (Å²) in [7, 11) is 0. The molecule has 1 aliphatic carbocycles. The molecule has 5 nitrogen and oxygen atoms in total. The third kappa shape index (κ3) is 3.27. The van der Waals surface area contributed by atoms with E-state index in [2.05, 4.69) is 10.3 Å². The van der Waals surface area contributed by atoms with Crippen LogP contribution in [-0.2, 0) is 21.4 Å². The van der Waals surface area contributed by atoms with E-state index in [4.69, 9.17) is 5.11 Å². The molecular formula is C17H18N2O3S. The van der Waals surface area contributed by atoms with Crippen molar-refractivity contribution in [1.82, 2.24) is 4.98 Å². The lowest BCUT2D eigenvalue weighted by molar-refractivity contribution is -0.136. The molecule has 0 atom stereocenters. The number of nitrogens with one attached hydrogen (secondary N) is 1. The van der Waals surface area contributed by atoms with E-state index in [0.717, 1.165) is 31.2 Å². The largest absolute Gasteiger partial charge is 0.481 e. The molecule has 0 spiro atoms. The summed E-state index contributed by atoms with van der Waals surface area (Å²) in [6.45, 7) is 0. The summed E-state index contributed by atoms with van der Waals surface area (Å²) < 4.78 is 0. The molecule has 1 aliphatic rings. The number of aliphatic carboxylic acids is 1. The smallest absolute Gasteiger partial charge is 0.309 e. The number of hydrogen-bond acceptors (Lipinski definition) is 4. The normalized spacial score (nSPS) is 16.2. The SMILES string of the molecule is O=C(O)Cc1csc(NC(=O)C2(c3ccccc3)CCCC2)n1. The number of rotatable bonds is 5. The zero-order valence-corrected chi connectivity index (χ0v) is 13.4. The van der Waals surface area contributed by atoms with E-state index in [0.29, 0.717) is 10.8 Å². The minimum Gasteiger partial charge on any atom is -0.481 e. The molecule has 1 heterocycles. The van der Waals surface area contributed by atoms with Crippen LogP contribution in [0.2, 0.25) is 0 Å². The fraction of sp³-hybridized carbons (Fsp3) is 0.353. The van der Waals surface area contributed by atoms with Gasteiger partial charge in [-0.3, -0.25) is 9.59 Å². The molecule has 0 bridgehead atoms. The first-order chi connectivity index (χ1) is 11.1. The summed E-state index contributed by atoms with van der Waals surface area (Å²) in [5.41, 5.74) is 1.01. The number of carboxylic acid groups (broad SMARTS) is 1. The van der Waals surface area contributed by atoms with Crippen LogP contribution in [0.25, 0.3) is 0 Å². The molecule has 3 rings (SSSR count). The van der Waals surface area contributed by atoms with Gasteiger partial charge in [0.1, 0.15) is 0 Å². The number of carbonyl (C=O) groups excluding carboxylic acids is 1. The Morgan fingerprint density at radius 3 is 2.57 bits per heavy atom. The van der Waals surface area contributed by atoms with Gasteiger partial charge in [0.15, 0.2) is 5.13 Å². The first kappa shape index (κ1) is 15.7. The predicted octanol–water partition coefficient (Wildman–Crippen LogP) is 3.22. The van der Waals surface area contributed by atoms with Crippen LogP contribution in [0.3, 0.4) is 0 Å². The third-order valence-corrected chi connectivity index (χ3v) is 5.13. The van der Waals surface area contributed by atoms with Gasteiger partial charge >= 0.3 is 5.97 Å². The second-order valence-electron chi connectivity index (χ2n) is 5.82. The molecule has 1 fully saturated rings. The van der Waals surface area contributed by atoms with Gasteiger partial charge in [-0.2, -0.15) is 0 Å². The summed E-state index contributed by atoms with van der Waals surface area (Å²) in [6, 6.07) is 9.86. The number of hydrogen-bond donors (Lipinski definition) is 2. The number of anilines is 1. The van der Waals surface area contributed by atoms with Crippen LogP contribution < -0.4 is 5.32 Å². The second kappa shape index (κ2) is 6.50. The number of thiazole rings is 1. The van der Waals surface area contributed by atoms with E-state index in [1.165, 1.54) is 11.3 Å². The van der Waals surface area contributed by atoms with Crippen LogP contribution in [0.1, 0.15) is 36.9 Å². The van der Waals surface area contributed by atoms with Crippen molar-refractivity contribution in [3.63, 3.8) is 0 Å². The van der Waals surface area contributed by atoms with E-state index in [9.17, 15) is 9.59 Å². The maximum absolute atomic E-state index is 12.9. The molecule has 120 valence electrons. The van der Waals surface area contributed by atoms with Gasteiger partial charge in [0, 0.05) is 5.38 Å². The van der Waals surface area contributed by atoms with E-state index >= 15 is 0 Å². The zero-order valence-electron chi connectivity index (χ0n) is 12.6. The van der Waals surface area contributed by atoms with Crippen molar-refractivity contribution in [2.75, 3.05) is 5.32 Å². The number of carboxylic acids is 1. The van der Waals surface area contributed by atoms with Gasteiger partial charge in [-0.15, -0.1) is 11.3 Å². The highest BCUT2D eigenvalue weighted by atomic mass is 32.1. The topological polar surface area (TPSA) is 79.3 Å². The molecule has 1 amide bonds. The highest BCUT2D eigenvalue weighted by molar-refractivity contribution is 7.13. The van der Waals surface area contributed by atoms with E-state index in [-0.39, 0.29) is 12.3 Å². The molecule has 6 heteroatoms. The molecule has 0 aliphatic heterocycles. The fourth-order valence-corrected chi connectivity index (χ4v) is 3.91. The van der Waals surface area contributed by atoms with Crippen molar-refractivity contribution >= 4 is 28.3 Å². The average Bonchev–Trinajstić information content (AvgIpc) is 3.18. The first-order valence-electron chi connectivity index (χ1n) is 7.63. The molecule has 0 saturated heterocycles. The molecule has 23 heavy (non-hydrogen) atoms. The summed E-state index contributed by atoms with van der Waals surface area (Å²) in [6.07, 6.45) is 3.59. The highest BCUT2D eigenvalue weighted by Crippen LogP contribution is 2.42. The van der Waals surface area contributed by atoms with Gasteiger partial charge in [0.2, 0.25) is 5.91 Å². The second-order valence-corrected chi connectivity index (χ2v) is 6.68. The lowest BCUT2D eigenvalue weighted by Crippen LogP contribution is -2.37. The van der Waals surface area contributed by atoms with E-state index in [1.807, 2.05) is 30.3 Å². The van der Waals surface area contributed by atoms with Crippen LogP contribution in [0.4, 0.5) is 5.13 Å². The summed E-state index contributed by atoms with van der Waals surface area (Å²) in [5.74, 6) is -0.970. The van der Waals surface area contributed by atoms with Crippen molar-refractivity contribution in [2.24, 2.45) is 0 Å². The Hall–Kier alpha value is -2.21. The maximum Gasteiger partial charge on any atom is 0.309 e. The third-order valence-electron chi connectivity index (χ3n) is 4.32. The van der Waals surface area contributed by atoms with Crippen LogP contribution in [-0.4, -0.2) is 22.0 Å². The standard InChI is InChI=1S/C17H18N2O3S/c20-14(21)10-13-11-23-16(18-13)19-15(22)17(8-4-5-9-17)12-6-2-1-3-7-12/h1-3,6-7,11H,4-5,8-10H2,(H,20,21)(H,18,19,22). The summed E-state index contributed by atoms with van der Waals surface area (Å²) in [4.78, 5) is 27.8. The summed E-state index contributed by atoms with van der Waals surface area (Å²) in [5, 5.41) is 13.8. The predicted molar refractivity (Wildman–Crippen MR) is 88.7 cm³/mol. The van der Waals surface area contributed by atoms with Crippen molar-refractivity contribution in [1.29, 1.82) is 0 Å². The van der Waals surface area contributed by atoms with Gasteiger partial charge in [0.05, 0.1) is 17.5 Å². The molecule has 2 N–H and O–H groups in total. The van der Waals surface area contributed by atoms with Crippen molar-refractivity contribution in [3.8, 4) is 0 Å². The van der Waals surface area contributed by atoms with Gasteiger partial charge in [-0.1, -0.05) is 43.2 Å². The summed E-state index contributed by atoms with van der Waals surface area (Å²) >= 11 is 1.27. The maximum atomic E-state index is 12.9. The van der Waals surface area contributed by atoms with Crippen LogP contribution >= 0.6 is 11.3 Å². The van der Waals surface area contributed by atoms with Crippen molar-refractivity contribution < 1.29 is 14.7 Å². The fourth-order valence-electron chi connectivity index (χ4n) is 3.20. The number of benzene rings is 1. The number of aromatic nitrogens is 1. The Morgan fingerprint density at radius 1 is 1.22 bits per heavy atom. The highest BCUT2D eigenvalue weighted by Gasteiger charge is 2.42. The molecular weight excluding hydrogens is 312 g/mol. The molecule has 0 unspecified atom stereocenters. The Kier molecular flexibility index (Phi) is 4.43. The lowest BCUT2D eigenvalue weighted by Gasteiger charge is -2.27. The van der Waals surface area contributed by atoms with Crippen LogP contribution in [0.15, 0.2) is 35.7 Å². The quantitative estimate of drug-likeness (QED) is 0.882. The Labute approximate surface area is 138 Å². The van der Waals surface area contributed by atoms with Gasteiger partial charge in [-0.05, 0) is 18.4 Å². The van der Waals surface area contributed by atoms with Gasteiger partial charge < -0.3 is 10.4 Å².